The molecular formula is C15H14F2N2OS. The minimum Gasteiger partial charge on any atom is -0.398 e. The van der Waals surface area contributed by atoms with E-state index in [9.17, 15) is 13.6 Å². The molecule has 0 aliphatic rings. The molecule has 0 atom stereocenters. The Kier molecular flexibility index (Phi) is 4.80. The summed E-state index contributed by atoms with van der Waals surface area (Å²) in [7, 11) is 0. The van der Waals surface area contributed by atoms with Gasteiger partial charge in [-0.05, 0) is 36.8 Å². The van der Waals surface area contributed by atoms with E-state index in [1.54, 1.807) is 6.07 Å². The normalized spacial score (nSPS) is 10.4. The molecule has 2 aromatic rings. The second kappa shape index (κ2) is 6.58. The van der Waals surface area contributed by atoms with Crippen molar-refractivity contribution in [1.82, 2.24) is 0 Å². The Morgan fingerprint density at radius 1 is 1.24 bits per heavy atom. The minimum absolute atomic E-state index is 0.156. The molecule has 1 amide bonds. The van der Waals surface area contributed by atoms with Crippen molar-refractivity contribution in [3.8, 4) is 0 Å². The van der Waals surface area contributed by atoms with Crippen LogP contribution in [0, 0.1) is 18.6 Å². The van der Waals surface area contributed by atoms with Crippen molar-refractivity contribution in [3.63, 3.8) is 0 Å². The van der Waals surface area contributed by atoms with Crippen LogP contribution >= 0.6 is 11.8 Å². The van der Waals surface area contributed by atoms with Crippen LogP contribution in [0.4, 0.5) is 20.2 Å². The van der Waals surface area contributed by atoms with Crippen LogP contribution in [0.15, 0.2) is 41.3 Å². The molecule has 0 aromatic heterocycles. The molecule has 0 spiro atoms. The summed E-state index contributed by atoms with van der Waals surface area (Å²) in [6.07, 6.45) is 0. The van der Waals surface area contributed by atoms with Crippen molar-refractivity contribution >= 4 is 29.0 Å². The van der Waals surface area contributed by atoms with Crippen LogP contribution in [0.2, 0.25) is 0 Å². The number of hydrogen-bond acceptors (Lipinski definition) is 3. The molecule has 0 saturated heterocycles. The zero-order valence-corrected chi connectivity index (χ0v) is 12.1. The van der Waals surface area contributed by atoms with Gasteiger partial charge < -0.3 is 11.1 Å². The molecule has 6 heteroatoms. The summed E-state index contributed by atoms with van der Waals surface area (Å²) in [5.74, 6) is -2.08. The Morgan fingerprint density at radius 2 is 2.00 bits per heavy atom. The van der Waals surface area contributed by atoms with Crippen molar-refractivity contribution in [2.75, 3.05) is 16.8 Å². The highest BCUT2D eigenvalue weighted by atomic mass is 32.2. The van der Waals surface area contributed by atoms with Gasteiger partial charge in [-0.3, -0.25) is 4.79 Å². The zero-order valence-electron chi connectivity index (χ0n) is 11.3. The molecule has 110 valence electrons. The summed E-state index contributed by atoms with van der Waals surface area (Å²) in [5.41, 5.74) is 7.60. The van der Waals surface area contributed by atoms with Crippen LogP contribution in [0.25, 0.3) is 0 Å². The Hall–Kier alpha value is -2.08. The lowest BCUT2D eigenvalue weighted by atomic mass is 10.2. The second-order valence-corrected chi connectivity index (χ2v) is 5.45. The van der Waals surface area contributed by atoms with Gasteiger partial charge in [-0.2, -0.15) is 0 Å². The number of nitrogens with two attached hydrogens (primary N) is 1. The lowest BCUT2D eigenvalue weighted by Gasteiger charge is -2.08. The summed E-state index contributed by atoms with van der Waals surface area (Å²) in [6.45, 7) is 1.88. The number of nitrogen functional groups attached to an aromatic ring is 1. The highest BCUT2D eigenvalue weighted by Crippen LogP contribution is 2.26. The molecule has 3 N–H and O–H groups in total. The van der Waals surface area contributed by atoms with E-state index in [-0.39, 0.29) is 17.3 Å². The lowest BCUT2D eigenvalue weighted by molar-refractivity contribution is -0.113. The number of hydrogen-bond donors (Lipinski definition) is 2. The third kappa shape index (κ3) is 3.95. The smallest absolute Gasteiger partial charge is 0.234 e. The maximum Gasteiger partial charge on any atom is 0.234 e. The van der Waals surface area contributed by atoms with Gasteiger partial charge in [0.05, 0.1) is 5.75 Å². The molecule has 2 aromatic carbocycles. The van der Waals surface area contributed by atoms with Gasteiger partial charge in [-0.1, -0.05) is 6.07 Å². The Balaban J connectivity index is 1.96. The van der Waals surface area contributed by atoms with Crippen molar-refractivity contribution in [1.29, 1.82) is 0 Å². The van der Waals surface area contributed by atoms with Gasteiger partial charge in [0.15, 0.2) is 11.6 Å². The lowest BCUT2D eigenvalue weighted by Crippen LogP contribution is -2.14. The monoisotopic (exact) mass is 308 g/mol. The van der Waals surface area contributed by atoms with Crippen molar-refractivity contribution < 1.29 is 13.6 Å². The van der Waals surface area contributed by atoms with Gasteiger partial charge in [0.25, 0.3) is 0 Å². The minimum atomic E-state index is -0.993. The van der Waals surface area contributed by atoms with E-state index >= 15 is 0 Å². The van der Waals surface area contributed by atoms with E-state index in [1.807, 2.05) is 19.1 Å². The molecule has 2 rings (SSSR count). The third-order valence-corrected chi connectivity index (χ3v) is 4.05. The molecular weight excluding hydrogens is 294 g/mol. The molecule has 0 aliphatic carbocycles. The largest absolute Gasteiger partial charge is 0.398 e. The van der Waals surface area contributed by atoms with Crippen molar-refractivity contribution in [3.05, 3.63) is 53.6 Å². The molecule has 0 unspecified atom stereocenters. The van der Waals surface area contributed by atoms with Gasteiger partial charge in [0, 0.05) is 22.3 Å². The predicted octanol–water partition coefficient (Wildman–Crippen LogP) is 3.59. The summed E-state index contributed by atoms with van der Waals surface area (Å²) in [6, 6.07) is 8.72. The van der Waals surface area contributed by atoms with Gasteiger partial charge >= 0.3 is 0 Å². The first-order valence-electron chi connectivity index (χ1n) is 6.20. The molecule has 0 bridgehead atoms. The quantitative estimate of drug-likeness (QED) is 0.670. The van der Waals surface area contributed by atoms with Crippen LogP contribution in [0.3, 0.4) is 0 Å². The molecule has 21 heavy (non-hydrogen) atoms. The maximum absolute atomic E-state index is 13.0. The third-order valence-electron chi connectivity index (χ3n) is 2.89. The van der Waals surface area contributed by atoms with Gasteiger partial charge in [0.2, 0.25) is 5.91 Å². The maximum atomic E-state index is 13.0. The van der Waals surface area contributed by atoms with Gasteiger partial charge in [0.1, 0.15) is 0 Å². The van der Waals surface area contributed by atoms with E-state index in [0.29, 0.717) is 5.69 Å². The standard InChI is InChI=1S/C15H14F2N2OS/c1-9-13(18)3-2-4-14(9)21-8-15(20)19-10-5-6-11(16)12(17)7-10/h2-7H,8,18H2,1H3,(H,19,20). The first kappa shape index (κ1) is 15.3. The fraction of sp³-hybridized carbons (Fsp3) is 0.133. The zero-order chi connectivity index (χ0) is 15.4. The molecule has 0 saturated carbocycles. The number of halogens is 2. The number of benzene rings is 2. The van der Waals surface area contributed by atoms with E-state index < -0.39 is 11.6 Å². The summed E-state index contributed by atoms with van der Waals surface area (Å²) < 4.78 is 25.8. The average molecular weight is 308 g/mol. The van der Waals surface area contributed by atoms with Crippen LogP contribution in [-0.2, 0) is 4.79 Å². The summed E-state index contributed by atoms with van der Waals surface area (Å²) >= 11 is 1.34. The molecule has 0 heterocycles. The van der Waals surface area contributed by atoms with Crippen LogP contribution in [0.1, 0.15) is 5.56 Å². The SMILES string of the molecule is Cc1c(N)cccc1SCC(=O)Nc1ccc(F)c(F)c1. The summed E-state index contributed by atoms with van der Waals surface area (Å²) in [4.78, 5) is 12.7. The van der Waals surface area contributed by atoms with Crippen molar-refractivity contribution in [2.24, 2.45) is 0 Å². The van der Waals surface area contributed by atoms with Crippen molar-refractivity contribution in [2.45, 2.75) is 11.8 Å². The highest BCUT2D eigenvalue weighted by Gasteiger charge is 2.08. The number of carbonyl (C=O) groups excluding carboxylic acids is 1. The fourth-order valence-corrected chi connectivity index (χ4v) is 2.57. The molecule has 0 aliphatic heterocycles. The second-order valence-electron chi connectivity index (χ2n) is 4.44. The number of amides is 1. The molecule has 3 nitrogen and oxygen atoms in total. The van der Waals surface area contributed by atoms with Gasteiger partial charge in [-0.25, -0.2) is 8.78 Å². The Morgan fingerprint density at radius 3 is 2.71 bits per heavy atom. The van der Waals surface area contributed by atoms with Crippen LogP contribution in [0.5, 0.6) is 0 Å². The topological polar surface area (TPSA) is 55.1 Å². The Bertz CT molecular complexity index is 677. The number of rotatable bonds is 4. The van der Waals surface area contributed by atoms with Crippen LogP contribution in [-0.4, -0.2) is 11.7 Å². The first-order valence-corrected chi connectivity index (χ1v) is 7.18. The number of anilines is 2. The van der Waals surface area contributed by atoms with E-state index in [1.165, 1.54) is 17.8 Å². The first-order chi connectivity index (χ1) is 9.97. The number of nitrogens with one attached hydrogen (secondary N) is 1. The Labute approximate surface area is 125 Å². The van der Waals surface area contributed by atoms with E-state index in [2.05, 4.69) is 5.32 Å². The highest BCUT2D eigenvalue weighted by molar-refractivity contribution is 8.00. The molecule has 0 fully saturated rings. The predicted molar refractivity (Wildman–Crippen MR) is 81.3 cm³/mol. The van der Waals surface area contributed by atoms with E-state index in [0.717, 1.165) is 22.6 Å². The fourth-order valence-electron chi connectivity index (χ4n) is 1.70. The van der Waals surface area contributed by atoms with Crippen LogP contribution < -0.4 is 11.1 Å². The average Bonchev–Trinajstić information content (AvgIpc) is 2.44. The van der Waals surface area contributed by atoms with Gasteiger partial charge in [-0.15, -0.1) is 11.8 Å². The number of carbonyl (C=O) groups is 1. The number of thioether (sulfide) groups is 1. The molecule has 0 radical (unpaired) electrons. The van der Waals surface area contributed by atoms with E-state index in [4.69, 9.17) is 5.73 Å². The summed E-state index contributed by atoms with van der Waals surface area (Å²) in [5, 5.41) is 2.52.